The molecule has 0 amide bonds. The first-order valence-corrected chi connectivity index (χ1v) is 6.22. The summed E-state index contributed by atoms with van der Waals surface area (Å²) in [6, 6.07) is 8.33. The molecular weight excluding hydrogens is 218 g/mol. The Balaban J connectivity index is 2.16. The SMILES string of the molecule is Cc1cccc(C(CO)Cc2cncs2)c1. The molecule has 84 valence electrons. The van der Waals surface area contributed by atoms with Gasteiger partial charge in [-0.2, -0.15) is 0 Å². The third-order valence-corrected chi connectivity index (χ3v) is 3.47. The molecule has 1 aromatic heterocycles. The van der Waals surface area contributed by atoms with Crippen LogP contribution in [0.4, 0.5) is 0 Å². The third kappa shape index (κ3) is 2.68. The van der Waals surface area contributed by atoms with Crippen molar-refractivity contribution < 1.29 is 5.11 Å². The van der Waals surface area contributed by atoms with Crippen LogP contribution in [-0.2, 0) is 6.42 Å². The van der Waals surface area contributed by atoms with Crippen LogP contribution < -0.4 is 0 Å². The van der Waals surface area contributed by atoms with Crippen molar-refractivity contribution in [1.29, 1.82) is 0 Å². The predicted molar refractivity (Wildman–Crippen MR) is 66.8 cm³/mol. The van der Waals surface area contributed by atoms with Gasteiger partial charge in [-0.3, -0.25) is 4.98 Å². The topological polar surface area (TPSA) is 33.1 Å². The summed E-state index contributed by atoms with van der Waals surface area (Å²) in [6.07, 6.45) is 2.74. The minimum atomic E-state index is 0.181. The van der Waals surface area contributed by atoms with E-state index < -0.39 is 0 Å². The normalized spacial score (nSPS) is 12.6. The Kier molecular flexibility index (Phi) is 3.70. The van der Waals surface area contributed by atoms with Crippen molar-refractivity contribution >= 4 is 11.3 Å². The Bertz CT molecular complexity index is 439. The van der Waals surface area contributed by atoms with Gasteiger partial charge in [0.05, 0.1) is 12.1 Å². The molecule has 0 fully saturated rings. The summed E-state index contributed by atoms with van der Waals surface area (Å²) >= 11 is 1.64. The van der Waals surface area contributed by atoms with E-state index >= 15 is 0 Å². The summed E-state index contributed by atoms with van der Waals surface area (Å²) in [5.74, 6) is 0.181. The predicted octanol–water partition coefficient (Wildman–Crippen LogP) is 2.77. The van der Waals surface area contributed by atoms with Crippen molar-refractivity contribution in [2.24, 2.45) is 0 Å². The molecule has 1 unspecified atom stereocenters. The molecule has 0 bridgehead atoms. The van der Waals surface area contributed by atoms with Crippen LogP contribution in [0, 0.1) is 6.92 Å². The standard InChI is InChI=1S/C13H15NOS/c1-10-3-2-4-11(5-10)12(8-15)6-13-7-14-9-16-13/h2-5,7,9,12,15H,6,8H2,1H3. The Morgan fingerprint density at radius 2 is 2.31 bits per heavy atom. The van der Waals surface area contributed by atoms with Gasteiger partial charge in [0.15, 0.2) is 0 Å². The van der Waals surface area contributed by atoms with Crippen LogP contribution in [0.1, 0.15) is 21.9 Å². The number of aliphatic hydroxyl groups is 1. The Hall–Kier alpha value is -1.19. The van der Waals surface area contributed by atoms with Gasteiger partial charge in [0.1, 0.15) is 0 Å². The minimum Gasteiger partial charge on any atom is -0.396 e. The first-order valence-electron chi connectivity index (χ1n) is 5.34. The van der Waals surface area contributed by atoms with Crippen molar-refractivity contribution in [2.75, 3.05) is 6.61 Å². The maximum atomic E-state index is 9.45. The lowest BCUT2D eigenvalue weighted by Gasteiger charge is -2.13. The molecule has 3 heteroatoms. The summed E-state index contributed by atoms with van der Waals surface area (Å²) in [7, 11) is 0. The van der Waals surface area contributed by atoms with Gasteiger partial charge < -0.3 is 5.11 Å². The summed E-state index contributed by atoms with van der Waals surface area (Å²) < 4.78 is 0. The number of thiazole rings is 1. The number of hydrogen-bond acceptors (Lipinski definition) is 3. The lowest BCUT2D eigenvalue weighted by atomic mass is 9.95. The molecule has 1 atom stereocenters. The van der Waals surface area contributed by atoms with Crippen LogP contribution in [-0.4, -0.2) is 16.7 Å². The zero-order valence-electron chi connectivity index (χ0n) is 9.26. The van der Waals surface area contributed by atoms with Crippen molar-refractivity contribution in [3.8, 4) is 0 Å². The van der Waals surface area contributed by atoms with E-state index in [4.69, 9.17) is 0 Å². The first kappa shape index (κ1) is 11.3. The fourth-order valence-corrected chi connectivity index (χ4v) is 2.47. The van der Waals surface area contributed by atoms with Crippen LogP contribution in [0.3, 0.4) is 0 Å². The van der Waals surface area contributed by atoms with E-state index in [0.717, 1.165) is 6.42 Å². The smallest absolute Gasteiger partial charge is 0.0794 e. The number of rotatable bonds is 4. The van der Waals surface area contributed by atoms with Crippen LogP contribution in [0.2, 0.25) is 0 Å². The van der Waals surface area contributed by atoms with E-state index in [1.165, 1.54) is 16.0 Å². The van der Waals surface area contributed by atoms with Gasteiger partial charge in [0, 0.05) is 17.0 Å². The third-order valence-electron chi connectivity index (χ3n) is 2.66. The summed E-state index contributed by atoms with van der Waals surface area (Å²) in [4.78, 5) is 5.28. The molecule has 2 nitrogen and oxygen atoms in total. The van der Waals surface area contributed by atoms with Crippen molar-refractivity contribution in [3.63, 3.8) is 0 Å². The molecule has 0 aliphatic carbocycles. The number of benzene rings is 1. The molecule has 2 aromatic rings. The number of hydrogen-bond donors (Lipinski definition) is 1. The highest BCUT2D eigenvalue weighted by Crippen LogP contribution is 2.22. The molecule has 1 N–H and O–H groups in total. The van der Waals surface area contributed by atoms with Gasteiger partial charge in [0.25, 0.3) is 0 Å². The van der Waals surface area contributed by atoms with Crippen molar-refractivity contribution in [3.05, 3.63) is 52.0 Å². The molecule has 0 saturated heterocycles. The maximum absolute atomic E-state index is 9.45. The second-order valence-electron chi connectivity index (χ2n) is 3.97. The van der Waals surface area contributed by atoms with Gasteiger partial charge in [-0.25, -0.2) is 0 Å². The number of nitrogens with zero attached hydrogens (tertiary/aromatic N) is 1. The second-order valence-corrected chi connectivity index (χ2v) is 4.94. The van der Waals surface area contributed by atoms with E-state index in [1.54, 1.807) is 11.3 Å². The summed E-state index contributed by atoms with van der Waals surface area (Å²) in [6.45, 7) is 2.26. The zero-order chi connectivity index (χ0) is 11.4. The Labute approximate surface area is 99.6 Å². The average Bonchev–Trinajstić information content (AvgIpc) is 2.78. The fraction of sp³-hybridized carbons (Fsp3) is 0.308. The van der Waals surface area contributed by atoms with E-state index in [-0.39, 0.29) is 12.5 Å². The second kappa shape index (κ2) is 5.23. The largest absolute Gasteiger partial charge is 0.396 e. The summed E-state index contributed by atoms with van der Waals surface area (Å²) in [5.41, 5.74) is 4.27. The molecule has 0 spiro atoms. The number of aliphatic hydroxyl groups excluding tert-OH is 1. The highest BCUT2D eigenvalue weighted by molar-refractivity contribution is 7.09. The van der Waals surface area contributed by atoms with Crippen LogP contribution in [0.5, 0.6) is 0 Å². The van der Waals surface area contributed by atoms with E-state index in [0.29, 0.717) is 0 Å². The number of aryl methyl sites for hydroxylation is 1. The van der Waals surface area contributed by atoms with Gasteiger partial charge in [-0.1, -0.05) is 29.8 Å². The monoisotopic (exact) mass is 233 g/mol. The number of aromatic nitrogens is 1. The lowest BCUT2D eigenvalue weighted by Crippen LogP contribution is -2.07. The highest BCUT2D eigenvalue weighted by Gasteiger charge is 2.12. The molecular formula is C13H15NOS. The van der Waals surface area contributed by atoms with Gasteiger partial charge in [-0.15, -0.1) is 11.3 Å². The molecule has 16 heavy (non-hydrogen) atoms. The minimum absolute atomic E-state index is 0.181. The molecule has 0 saturated carbocycles. The van der Waals surface area contributed by atoms with Crippen molar-refractivity contribution in [1.82, 2.24) is 4.98 Å². The highest BCUT2D eigenvalue weighted by atomic mass is 32.1. The quantitative estimate of drug-likeness (QED) is 0.881. The summed E-state index contributed by atoms with van der Waals surface area (Å²) in [5, 5.41) is 9.45. The van der Waals surface area contributed by atoms with Crippen molar-refractivity contribution in [2.45, 2.75) is 19.3 Å². The molecule has 1 heterocycles. The van der Waals surface area contributed by atoms with Gasteiger partial charge in [0.2, 0.25) is 0 Å². The molecule has 2 rings (SSSR count). The molecule has 0 aliphatic rings. The van der Waals surface area contributed by atoms with Gasteiger partial charge in [-0.05, 0) is 18.9 Å². The van der Waals surface area contributed by atoms with E-state index in [9.17, 15) is 5.11 Å². The average molecular weight is 233 g/mol. The molecule has 0 aliphatic heterocycles. The van der Waals surface area contributed by atoms with E-state index in [2.05, 4.69) is 30.1 Å². The van der Waals surface area contributed by atoms with Crippen LogP contribution in [0.25, 0.3) is 0 Å². The van der Waals surface area contributed by atoms with Crippen LogP contribution >= 0.6 is 11.3 Å². The first-order chi connectivity index (χ1) is 7.79. The molecule has 1 aromatic carbocycles. The Morgan fingerprint density at radius 3 is 2.94 bits per heavy atom. The van der Waals surface area contributed by atoms with Gasteiger partial charge >= 0.3 is 0 Å². The fourth-order valence-electron chi connectivity index (χ4n) is 1.80. The Morgan fingerprint density at radius 1 is 1.44 bits per heavy atom. The maximum Gasteiger partial charge on any atom is 0.0794 e. The van der Waals surface area contributed by atoms with Crippen LogP contribution in [0.15, 0.2) is 36.0 Å². The zero-order valence-corrected chi connectivity index (χ0v) is 10.1. The molecule has 0 radical (unpaired) electrons. The lowest BCUT2D eigenvalue weighted by molar-refractivity contribution is 0.265. The van der Waals surface area contributed by atoms with E-state index in [1.807, 2.05) is 17.8 Å².